The normalized spacial score (nSPS) is 23.4. The first-order chi connectivity index (χ1) is 15.3. The maximum Gasteiger partial charge on any atom is 0.490 e. The van der Waals surface area contributed by atoms with E-state index in [1.54, 1.807) is 0 Å². The lowest BCUT2D eigenvalue weighted by Gasteiger charge is -2.19. The summed E-state index contributed by atoms with van der Waals surface area (Å²) in [6.45, 7) is 2.95. The maximum absolute atomic E-state index is 11.4. The number of aryl methyl sites for hydroxylation is 1. The molecule has 0 bridgehead atoms. The molecule has 0 spiro atoms. The molecule has 16 heteroatoms. The summed E-state index contributed by atoms with van der Waals surface area (Å²) in [5, 5.41) is 33.0. The molecule has 1 aliphatic heterocycles. The fourth-order valence-electron chi connectivity index (χ4n) is 3.43. The number of pyridine rings is 1. The zero-order valence-electron chi connectivity index (χ0n) is 17.1. The second-order valence-electron chi connectivity index (χ2n) is 7.47. The highest BCUT2D eigenvalue weighted by molar-refractivity contribution is 5.94. The number of carbonyl (C=O) groups is 4. The SMILES string of the molecule is Cc1cccc(CN2C[C@@]3(C(=O)O)C[C@@]3(C(=O)O)C2)n1.O=C(O)C(F)(F)F.O=C(O)C(F)(F)F. The molecule has 0 aromatic carbocycles. The van der Waals surface area contributed by atoms with Crippen molar-refractivity contribution < 1.29 is 65.9 Å². The molecule has 1 aliphatic carbocycles. The van der Waals surface area contributed by atoms with E-state index in [2.05, 4.69) is 4.98 Å². The van der Waals surface area contributed by atoms with Gasteiger partial charge in [0.25, 0.3) is 0 Å². The molecule has 1 saturated carbocycles. The van der Waals surface area contributed by atoms with Crippen LogP contribution in [0, 0.1) is 17.8 Å². The summed E-state index contributed by atoms with van der Waals surface area (Å²) >= 11 is 0. The van der Waals surface area contributed by atoms with Gasteiger partial charge >= 0.3 is 36.2 Å². The Morgan fingerprint density at radius 2 is 1.26 bits per heavy atom. The molecule has 190 valence electrons. The summed E-state index contributed by atoms with van der Waals surface area (Å²) in [4.78, 5) is 46.9. The smallest absolute Gasteiger partial charge is 0.481 e. The van der Waals surface area contributed by atoms with Gasteiger partial charge in [0.2, 0.25) is 0 Å². The van der Waals surface area contributed by atoms with Crippen LogP contribution < -0.4 is 0 Å². The highest BCUT2D eigenvalue weighted by atomic mass is 19.4. The predicted molar refractivity (Wildman–Crippen MR) is 96.4 cm³/mol. The number of halogens is 6. The van der Waals surface area contributed by atoms with Crippen molar-refractivity contribution in [3.63, 3.8) is 0 Å². The summed E-state index contributed by atoms with van der Waals surface area (Å²) < 4.78 is 63.5. The Morgan fingerprint density at radius 3 is 1.56 bits per heavy atom. The molecule has 3 rings (SSSR count). The van der Waals surface area contributed by atoms with E-state index in [0.29, 0.717) is 6.54 Å². The van der Waals surface area contributed by atoms with Gasteiger partial charge in [0, 0.05) is 25.3 Å². The van der Waals surface area contributed by atoms with Gasteiger partial charge in [-0.05, 0) is 25.5 Å². The summed E-state index contributed by atoms with van der Waals surface area (Å²) in [6, 6.07) is 5.66. The summed E-state index contributed by atoms with van der Waals surface area (Å²) in [6.07, 6.45) is -9.93. The van der Waals surface area contributed by atoms with Crippen molar-refractivity contribution in [2.75, 3.05) is 13.1 Å². The standard InChI is InChI=1S/C14H16N2O4.2C2HF3O2/c1-9-3-2-4-10(15-9)5-16-7-13(11(17)18)6-14(13,8-16)12(19)20;2*3-2(4,5)1(6)7/h2-4H,5-8H2,1H3,(H,17,18)(H,19,20);2*(H,6,7)/t13-,14+;;. The maximum atomic E-state index is 11.4. The van der Waals surface area contributed by atoms with E-state index in [0.717, 1.165) is 11.4 Å². The molecular weight excluding hydrogens is 486 g/mol. The van der Waals surface area contributed by atoms with Gasteiger partial charge in [-0.15, -0.1) is 0 Å². The predicted octanol–water partition coefficient (Wildman–Crippen LogP) is 2.02. The van der Waals surface area contributed by atoms with Gasteiger partial charge in [-0.25, -0.2) is 9.59 Å². The van der Waals surface area contributed by atoms with E-state index in [-0.39, 0.29) is 19.5 Å². The molecule has 0 amide bonds. The molecule has 0 radical (unpaired) electrons. The third-order valence-corrected chi connectivity index (χ3v) is 5.02. The molecule has 34 heavy (non-hydrogen) atoms. The van der Waals surface area contributed by atoms with Crippen LogP contribution in [0.3, 0.4) is 0 Å². The largest absolute Gasteiger partial charge is 0.490 e. The zero-order chi connectivity index (χ0) is 26.7. The lowest BCUT2D eigenvalue weighted by atomic mass is 9.97. The van der Waals surface area contributed by atoms with Gasteiger partial charge < -0.3 is 20.4 Å². The van der Waals surface area contributed by atoms with Crippen molar-refractivity contribution in [3.05, 3.63) is 29.6 Å². The van der Waals surface area contributed by atoms with Crippen LogP contribution in [-0.2, 0) is 25.7 Å². The third kappa shape index (κ3) is 6.55. The minimum atomic E-state index is -5.08. The first-order valence-corrected chi connectivity index (χ1v) is 9.00. The molecule has 2 atom stereocenters. The second kappa shape index (κ2) is 9.82. The number of aliphatic carboxylic acids is 4. The number of piperidine rings is 1. The number of carboxylic acid groups (broad SMARTS) is 4. The fourth-order valence-corrected chi connectivity index (χ4v) is 3.43. The number of carboxylic acids is 4. The molecule has 10 nitrogen and oxygen atoms in total. The van der Waals surface area contributed by atoms with Crippen molar-refractivity contribution in [1.82, 2.24) is 9.88 Å². The van der Waals surface area contributed by atoms with Gasteiger partial charge in [-0.3, -0.25) is 19.5 Å². The molecule has 1 saturated heterocycles. The molecule has 2 fully saturated rings. The number of rotatable bonds is 4. The van der Waals surface area contributed by atoms with Crippen LogP contribution in [0.5, 0.6) is 0 Å². The Morgan fingerprint density at radius 1 is 0.882 bits per heavy atom. The van der Waals surface area contributed by atoms with E-state index >= 15 is 0 Å². The van der Waals surface area contributed by atoms with Gasteiger partial charge in [-0.2, -0.15) is 26.3 Å². The molecule has 2 aliphatic rings. The van der Waals surface area contributed by atoms with Gasteiger partial charge in [0.1, 0.15) is 0 Å². The van der Waals surface area contributed by atoms with Crippen molar-refractivity contribution in [1.29, 1.82) is 0 Å². The summed E-state index contributed by atoms with van der Waals surface area (Å²) in [5.41, 5.74) is -0.481. The number of likely N-dealkylation sites (tertiary alicyclic amines) is 1. The lowest BCUT2D eigenvalue weighted by molar-refractivity contribution is -0.193. The quantitative estimate of drug-likeness (QED) is 0.446. The van der Waals surface area contributed by atoms with Crippen LogP contribution in [0.25, 0.3) is 0 Å². The van der Waals surface area contributed by atoms with Crippen molar-refractivity contribution >= 4 is 23.9 Å². The number of hydrogen-bond donors (Lipinski definition) is 4. The number of fused-ring (bicyclic) bond motifs is 1. The lowest BCUT2D eigenvalue weighted by Crippen LogP contribution is -2.28. The highest BCUT2D eigenvalue weighted by Gasteiger charge is 2.80. The van der Waals surface area contributed by atoms with Crippen LogP contribution in [-0.4, -0.2) is 79.6 Å². The van der Waals surface area contributed by atoms with E-state index in [1.807, 2.05) is 30.0 Å². The molecule has 4 N–H and O–H groups in total. The Bertz CT molecular complexity index is 914. The Hall–Kier alpha value is -3.43. The van der Waals surface area contributed by atoms with Crippen LogP contribution >= 0.6 is 0 Å². The van der Waals surface area contributed by atoms with E-state index in [4.69, 9.17) is 19.8 Å². The molecule has 1 aromatic rings. The minimum Gasteiger partial charge on any atom is -0.481 e. The van der Waals surface area contributed by atoms with Gasteiger partial charge in [0.05, 0.1) is 16.5 Å². The van der Waals surface area contributed by atoms with Crippen LogP contribution in [0.1, 0.15) is 17.8 Å². The highest BCUT2D eigenvalue weighted by Crippen LogP contribution is 2.68. The second-order valence-corrected chi connectivity index (χ2v) is 7.47. The molecule has 1 aromatic heterocycles. The average molecular weight is 504 g/mol. The van der Waals surface area contributed by atoms with Crippen LogP contribution in [0.2, 0.25) is 0 Å². The van der Waals surface area contributed by atoms with E-state index in [1.165, 1.54) is 0 Å². The average Bonchev–Trinajstić information content (AvgIpc) is 3.20. The third-order valence-electron chi connectivity index (χ3n) is 5.02. The van der Waals surface area contributed by atoms with Gasteiger partial charge in [-0.1, -0.05) is 6.07 Å². The molecule has 2 heterocycles. The Kier molecular flexibility index (Phi) is 8.26. The molecular formula is C18H18F6N2O8. The summed E-state index contributed by atoms with van der Waals surface area (Å²) in [7, 11) is 0. The topological polar surface area (TPSA) is 165 Å². The molecule has 0 unspecified atom stereocenters. The van der Waals surface area contributed by atoms with Crippen molar-refractivity contribution in [2.24, 2.45) is 10.8 Å². The first kappa shape index (κ1) is 28.6. The Labute approximate surface area is 186 Å². The zero-order valence-corrected chi connectivity index (χ0v) is 17.1. The number of nitrogens with zero attached hydrogens (tertiary/aromatic N) is 2. The monoisotopic (exact) mass is 504 g/mol. The minimum absolute atomic E-state index is 0.239. The van der Waals surface area contributed by atoms with Crippen LogP contribution in [0.15, 0.2) is 18.2 Å². The Balaban J connectivity index is 0.000000343. The van der Waals surface area contributed by atoms with Crippen molar-refractivity contribution in [3.8, 4) is 0 Å². The number of hydrogen-bond acceptors (Lipinski definition) is 6. The number of alkyl halides is 6. The summed E-state index contributed by atoms with van der Waals surface area (Å²) in [5.74, 6) is -7.51. The van der Waals surface area contributed by atoms with Crippen LogP contribution in [0.4, 0.5) is 26.3 Å². The number of aromatic nitrogens is 1. The first-order valence-electron chi connectivity index (χ1n) is 9.00. The van der Waals surface area contributed by atoms with Gasteiger partial charge in [0.15, 0.2) is 0 Å². The van der Waals surface area contributed by atoms with E-state index < -0.39 is 47.1 Å². The van der Waals surface area contributed by atoms with E-state index in [9.17, 15) is 46.1 Å². The fraction of sp³-hybridized carbons (Fsp3) is 0.500. The van der Waals surface area contributed by atoms with Crippen molar-refractivity contribution in [2.45, 2.75) is 32.2 Å².